The molecule has 2 bridgehead atoms. The number of aromatic amines is 1. The third-order valence-corrected chi connectivity index (χ3v) is 12.4. The van der Waals surface area contributed by atoms with E-state index in [4.69, 9.17) is 9.47 Å². The number of thiazole rings is 1. The van der Waals surface area contributed by atoms with E-state index in [0.717, 1.165) is 33.2 Å². The average Bonchev–Trinajstić information content (AvgIpc) is 3.80. The Bertz CT molecular complexity index is 1930. The number of rotatable bonds is 7. The van der Waals surface area contributed by atoms with E-state index < -0.39 is 17.7 Å². The Morgan fingerprint density at radius 3 is 2.43 bits per heavy atom. The maximum absolute atomic E-state index is 13.9. The van der Waals surface area contributed by atoms with Crippen LogP contribution in [0.1, 0.15) is 22.8 Å². The lowest BCUT2D eigenvalue weighted by Gasteiger charge is -2.43. The summed E-state index contributed by atoms with van der Waals surface area (Å²) in [6, 6.07) is 20.0. The summed E-state index contributed by atoms with van der Waals surface area (Å²) in [6.45, 7) is -0.231. The van der Waals surface area contributed by atoms with E-state index in [0.29, 0.717) is 22.9 Å². The number of H-pyrrole nitrogens is 1. The molecule has 2 aliphatic carbocycles. The van der Waals surface area contributed by atoms with Gasteiger partial charge >= 0.3 is 4.87 Å². The highest BCUT2D eigenvalue weighted by atomic mass is 32.2. The minimum absolute atomic E-state index is 0.00894. The lowest BCUT2D eigenvalue weighted by Crippen LogP contribution is -2.42. The van der Waals surface area contributed by atoms with E-state index in [1.54, 1.807) is 43.1 Å². The molecule has 1 aromatic heterocycles. The van der Waals surface area contributed by atoms with E-state index in [9.17, 15) is 23.6 Å². The van der Waals surface area contributed by atoms with Crippen molar-refractivity contribution in [3.8, 4) is 11.5 Å². The zero-order valence-corrected chi connectivity index (χ0v) is 26.1. The molecular weight excluding hydrogens is 630 g/mol. The Hall–Kier alpha value is -4.42. The van der Waals surface area contributed by atoms with Gasteiger partial charge in [-0.1, -0.05) is 29.5 Å². The third kappa shape index (κ3) is 4.57. The van der Waals surface area contributed by atoms with Gasteiger partial charge < -0.3 is 19.8 Å². The van der Waals surface area contributed by atoms with E-state index in [1.807, 2.05) is 24.3 Å². The van der Waals surface area contributed by atoms with E-state index in [2.05, 4.69) is 10.3 Å². The fraction of sp³-hybridized carbons (Fsp3) is 0.294. The van der Waals surface area contributed by atoms with Crippen LogP contribution >= 0.6 is 23.1 Å². The highest BCUT2D eigenvalue weighted by molar-refractivity contribution is 8.00. The van der Waals surface area contributed by atoms with Crippen LogP contribution in [0.15, 0.2) is 82.6 Å². The van der Waals surface area contributed by atoms with Crippen molar-refractivity contribution in [3.63, 3.8) is 0 Å². The fourth-order valence-corrected chi connectivity index (χ4v) is 11.0. The second-order valence-corrected chi connectivity index (χ2v) is 14.3. The number of carbonyl (C=O) groups is 3. The number of hydrogen-bond acceptors (Lipinski definition) is 8. The van der Waals surface area contributed by atoms with Crippen molar-refractivity contribution in [2.75, 3.05) is 23.9 Å². The van der Waals surface area contributed by atoms with Gasteiger partial charge in [0.25, 0.3) is 5.91 Å². The van der Waals surface area contributed by atoms with E-state index in [1.165, 1.54) is 29.2 Å². The van der Waals surface area contributed by atoms with Crippen LogP contribution in [-0.2, 0) is 14.4 Å². The molecule has 4 aliphatic rings. The zero-order valence-electron chi connectivity index (χ0n) is 24.5. The Balaban J connectivity index is 1.10. The van der Waals surface area contributed by atoms with Crippen molar-refractivity contribution >= 4 is 52.2 Å². The first kappa shape index (κ1) is 29.0. The predicted molar refractivity (Wildman–Crippen MR) is 171 cm³/mol. The molecular formula is C34H28FN3O6S2. The van der Waals surface area contributed by atoms with Crippen LogP contribution in [0.5, 0.6) is 11.5 Å². The standard InChI is InChI=1S/C34H28FN3O6S2/c1-43-19-12-8-17(9-13-19)36-24(39)15-44-23-5-3-2-4-20(23)25-26-21-14-22(29(26)45-31-30(25)46-34(42)37-31)28-27(21)32(40)38(33(28)41)18-10-6-16(35)7-11-18/h2-13,21-22,25-29H,14-15H2,1H3,(H,36,39)(H,37,42)/t21-,22-,25-,26?,27?,28?,29?/m1/s1. The molecule has 2 saturated carbocycles. The normalized spacial score (nSPS) is 27.3. The highest BCUT2D eigenvalue weighted by Crippen LogP contribution is 2.69. The van der Waals surface area contributed by atoms with Crippen molar-refractivity contribution in [1.82, 2.24) is 4.98 Å². The van der Waals surface area contributed by atoms with Crippen LogP contribution in [0, 0.1) is 35.4 Å². The SMILES string of the molecule is COc1ccc(NC(=O)COc2ccccc2[C@H]2c3sc(=O)[nH]c3SC3C2[C@H]2C[C@@H]3C3C(=O)N(c4ccc(F)cc4)C(=O)C32)cc1. The molecule has 1 saturated heterocycles. The number of aromatic nitrogens is 1. The molecule has 2 N–H and O–H groups in total. The van der Waals surface area contributed by atoms with Crippen molar-refractivity contribution in [2.45, 2.75) is 22.6 Å². The zero-order chi connectivity index (χ0) is 31.7. The summed E-state index contributed by atoms with van der Waals surface area (Å²) < 4.78 is 25.0. The van der Waals surface area contributed by atoms with Gasteiger partial charge in [-0.15, -0.1) is 11.8 Å². The van der Waals surface area contributed by atoms with Crippen molar-refractivity contribution in [1.29, 1.82) is 0 Å². The van der Waals surface area contributed by atoms with Crippen molar-refractivity contribution in [3.05, 3.63) is 98.7 Å². The van der Waals surface area contributed by atoms with Crippen molar-refractivity contribution in [2.24, 2.45) is 29.6 Å². The van der Waals surface area contributed by atoms with Crippen LogP contribution in [-0.4, -0.2) is 41.7 Å². The van der Waals surface area contributed by atoms with Gasteiger partial charge in [-0.05, 0) is 78.8 Å². The van der Waals surface area contributed by atoms with Gasteiger partial charge in [-0.2, -0.15) is 0 Å². The molecule has 8 rings (SSSR count). The molecule has 4 unspecified atom stereocenters. The van der Waals surface area contributed by atoms with Crippen LogP contribution in [0.3, 0.4) is 0 Å². The number of thioether (sulfide) groups is 1. The minimum atomic E-state index is -0.493. The van der Waals surface area contributed by atoms with Gasteiger partial charge in [0.05, 0.1) is 29.7 Å². The lowest BCUT2D eigenvalue weighted by atomic mass is 9.68. The monoisotopic (exact) mass is 657 g/mol. The van der Waals surface area contributed by atoms with Gasteiger partial charge in [0.1, 0.15) is 17.3 Å². The Labute approximate surface area is 271 Å². The minimum Gasteiger partial charge on any atom is -0.497 e. The molecule has 4 aromatic rings. The third-order valence-electron chi connectivity index (χ3n) is 9.80. The van der Waals surface area contributed by atoms with Crippen LogP contribution in [0.4, 0.5) is 15.8 Å². The lowest BCUT2D eigenvalue weighted by molar-refractivity contribution is -0.123. The Morgan fingerprint density at radius 1 is 0.978 bits per heavy atom. The molecule has 3 aromatic carbocycles. The van der Waals surface area contributed by atoms with Crippen LogP contribution < -0.4 is 24.6 Å². The van der Waals surface area contributed by atoms with Crippen LogP contribution in [0.2, 0.25) is 0 Å². The smallest absolute Gasteiger partial charge is 0.305 e. The fourth-order valence-electron chi connectivity index (χ4n) is 8.09. The van der Waals surface area contributed by atoms with Gasteiger partial charge in [0.2, 0.25) is 11.8 Å². The maximum Gasteiger partial charge on any atom is 0.305 e. The number of anilines is 2. The molecule has 3 fully saturated rings. The number of imide groups is 1. The topological polar surface area (TPSA) is 118 Å². The molecule has 12 heteroatoms. The molecule has 3 amide bonds. The number of hydrogen-bond donors (Lipinski definition) is 2. The van der Waals surface area contributed by atoms with Gasteiger partial charge in [0, 0.05) is 27.3 Å². The number of benzene rings is 3. The molecule has 2 aliphatic heterocycles. The van der Waals surface area contributed by atoms with E-state index in [-0.39, 0.29) is 58.1 Å². The summed E-state index contributed by atoms with van der Waals surface area (Å²) in [5.74, 6) is -1.48. The van der Waals surface area contributed by atoms with Gasteiger partial charge in [-0.3, -0.25) is 24.1 Å². The largest absolute Gasteiger partial charge is 0.497 e. The number of amides is 3. The quantitative estimate of drug-likeness (QED) is 0.260. The first-order valence-electron chi connectivity index (χ1n) is 15.0. The Kier molecular flexibility index (Phi) is 7.02. The molecule has 0 spiro atoms. The number of carbonyl (C=O) groups excluding carboxylic acids is 3. The number of para-hydroxylation sites is 1. The number of ether oxygens (including phenoxy) is 2. The number of fused-ring (bicyclic) bond motifs is 9. The number of methoxy groups -OCH3 is 1. The molecule has 3 heterocycles. The molecule has 9 nitrogen and oxygen atoms in total. The first-order valence-corrected chi connectivity index (χ1v) is 16.7. The molecule has 0 radical (unpaired) electrons. The molecule has 7 atom stereocenters. The Morgan fingerprint density at radius 2 is 1.70 bits per heavy atom. The second kappa shape index (κ2) is 11.1. The highest BCUT2D eigenvalue weighted by Gasteiger charge is 2.69. The van der Waals surface area contributed by atoms with Gasteiger partial charge in [-0.25, -0.2) is 4.39 Å². The summed E-state index contributed by atoms with van der Waals surface area (Å²) in [6.07, 6.45) is 0.732. The molecule has 46 heavy (non-hydrogen) atoms. The number of nitrogens with one attached hydrogen (secondary N) is 2. The number of halogens is 1. The maximum atomic E-state index is 13.9. The summed E-state index contributed by atoms with van der Waals surface area (Å²) in [5.41, 5.74) is 1.83. The number of nitrogens with zero attached hydrogens (tertiary/aromatic N) is 1. The summed E-state index contributed by atoms with van der Waals surface area (Å²) in [5, 5.41) is 3.61. The van der Waals surface area contributed by atoms with E-state index >= 15 is 0 Å². The second-order valence-electron chi connectivity index (χ2n) is 12.1. The van der Waals surface area contributed by atoms with Crippen molar-refractivity contribution < 1.29 is 28.2 Å². The first-order chi connectivity index (χ1) is 22.3. The van der Waals surface area contributed by atoms with Gasteiger partial charge in [0.15, 0.2) is 6.61 Å². The summed E-state index contributed by atoms with van der Waals surface area (Å²) >= 11 is 2.76. The average molecular weight is 658 g/mol. The summed E-state index contributed by atoms with van der Waals surface area (Å²) in [4.78, 5) is 58.3. The predicted octanol–water partition coefficient (Wildman–Crippen LogP) is 5.28. The summed E-state index contributed by atoms with van der Waals surface area (Å²) in [7, 11) is 1.57. The molecule has 234 valence electrons. The van der Waals surface area contributed by atoms with Crippen LogP contribution in [0.25, 0.3) is 0 Å².